The van der Waals surface area contributed by atoms with Crippen LogP contribution >= 0.6 is 0 Å². The number of anilines is 1. The Morgan fingerprint density at radius 3 is 2.68 bits per heavy atom. The van der Waals surface area contributed by atoms with Gasteiger partial charge in [-0.05, 0) is 56.6 Å². The predicted molar refractivity (Wildman–Crippen MR) is 127 cm³/mol. The zero-order chi connectivity index (χ0) is 26.5. The summed E-state index contributed by atoms with van der Waals surface area (Å²) in [4.78, 5) is 36.3. The molecule has 1 amide bonds. The normalized spacial score (nSPS) is 16.8. The molecule has 3 N–H and O–H groups in total. The van der Waals surface area contributed by atoms with Crippen molar-refractivity contribution in [1.29, 1.82) is 0 Å². The van der Waals surface area contributed by atoms with E-state index in [-0.39, 0.29) is 25.9 Å². The molecule has 9 nitrogen and oxygen atoms in total. The maximum atomic E-state index is 13.4. The molecule has 2 aliphatic rings. The molecule has 2 aromatic rings. The first-order valence-electron chi connectivity index (χ1n) is 12.4. The van der Waals surface area contributed by atoms with E-state index in [1.165, 1.54) is 5.56 Å². The number of carbonyl (C=O) groups is 2. The van der Waals surface area contributed by atoms with Crippen LogP contribution in [-0.2, 0) is 38.8 Å². The lowest BCUT2D eigenvalue weighted by Crippen LogP contribution is -2.46. The molecule has 200 valence electrons. The number of alkyl halides is 3. The van der Waals surface area contributed by atoms with Crippen molar-refractivity contribution in [2.24, 2.45) is 0 Å². The lowest BCUT2D eigenvalue weighted by atomic mass is 9.97. The number of unbranched alkanes of at least 4 members (excludes halogenated alkanes) is 1. The molecule has 3 heterocycles. The molecule has 1 aliphatic heterocycles. The molecular weight excluding hydrogens is 491 g/mol. The number of carboxylic acids is 1. The van der Waals surface area contributed by atoms with Crippen LogP contribution in [0.25, 0.3) is 0 Å². The molecule has 0 radical (unpaired) electrons. The number of amides is 1. The van der Waals surface area contributed by atoms with Gasteiger partial charge in [0.1, 0.15) is 11.9 Å². The maximum Gasteiger partial charge on any atom is 0.435 e. The smallest absolute Gasteiger partial charge is 0.435 e. The van der Waals surface area contributed by atoms with Gasteiger partial charge in [-0.3, -0.25) is 9.78 Å². The predicted octanol–water partition coefficient (Wildman–Crippen LogP) is 3.28. The van der Waals surface area contributed by atoms with Gasteiger partial charge in [-0.15, -0.1) is 0 Å². The topological polar surface area (TPSA) is 126 Å². The molecule has 0 spiro atoms. The highest BCUT2D eigenvalue weighted by Crippen LogP contribution is 2.50. The zero-order valence-corrected chi connectivity index (χ0v) is 20.3. The average Bonchev–Trinajstić information content (AvgIpc) is 3.69. The molecule has 1 aliphatic carbocycles. The van der Waals surface area contributed by atoms with Gasteiger partial charge in [0, 0.05) is 44.3 Å². The fraction of sp³-hybridized carbons (Fsp3) is 0.560. The van der Waals surface area contributed by atoms with Crippen molar-refractivity contribution >= 4 is 17.7 Å². The van der Waals surface area contributed by atoms with Crippen LogP contribution in [0.1, 0.15) is 61.2 Å². The van der Waals surface area contributed by atoms with E-state index in [2.05, 4.69) is 31.7 Å². The van der Waals surface area contributed by atoms with Gasteiger partial charge >= 0.3 is 12.1 Å². The number of halogens is 3. The van der Waals surface area contributed by atoms with Crippen LogP contribution in [0.4, 0.5) is 19.0 Å². The van der Waals surface area contributed by atoms with Crippen LogP contribution < -0.4 is 10.6 Å². The largest absolute Gasteiger partial charge is 0.480 e. The first-order valence-corrected chi connectivity index (χ1v) is 12.4. The number of pyridine rings is 1. The SMILES string of the molecule is O=C(O)C(CCOCCCCc1ccc2c(n1)NCCC2)NC(=O)C1(c2nccnc2C(F)(F)F)CC1. The number of nitrogens with zero attached hydrogens (tertiary/aromatic N) is 3. The van der Waals surface area contributed by atoms with Crippen LogP contribution in [0.5, 0.6) is 0 Å². The zero-order valence-electron chi connectivity index (χ0n) is 20.3. The number of ether oxygens (including phenoxy) is 1. The maximum absolute atomic E-state index is 13.4. The van der Waals surface area contributed by atoms with Gasteiger partial charge in [-0.1, -0.05) is 6.07 Å². The van der Waals surface area contributed by atoms with Gasteiger partial charge in [0.05, 0.1) is 11.1 Å². The van der Waals surface area contributed by atoms with E-state index in [4.69, 9.17) is 4.74 Å². The molecule has 4 rings (SSSR count). The third kappa shape index (κ3) is 6.54. The van der Waals surface area contributed by atoms with Crippen LogP contribution in [0.15, 0.2) is 24.5 Å². The molecule has 2 aromatic heterocycles. The van der Waals surface area contributed by atoms with Crippen LogP contribution in [0.3, 0.4) is 0 Å². The van der Waals surface area contributed by atoms with E-state index < -0.39 is 40.9 Å². The van der Waals surface area contributed by atoms with Crippen LogP contribution in [0.2, 0.25) is 0 Å². The third-order valence-corrected chi connectivity index (χ3v) is 6.68. The second-order valence-electron chi connectivity index (χ2n) is 9.40. The summed E-state index contributed by atoms with van der Waals surface area (Å²) in [5.74, 6) is -1.11. The van der Waals surface area contributed by atoms with Crippen molar-refractivity contribution in [3.05, 3.63) is 47.2 Å². The molecule has 1 saturated carbocycles. The van der Waals surface area contributed by atoms with Crippen molar-refractivity contribution in [2.45, 2.75) is 69.0 Å². The summed E-state index contributed by atoms with van der Waals surface area (Å²) in [5.41, 5.74) is -0.964. The highest BCUT2D eigenvalue weighted by molar-refractivity contribution is 5.93. The Hall–Kier alpha value is -3.28. The summed E-state index contributed by atoms with van der Waals surface area (Å²) in [5, 5.41) is 15.2. The van der Waals surface area contributed by atoms with E-state index >= 15 is 0 Å². The lowest BCUT2D eigenvalue weighted by Gasteiger charge is -2.21. The Morgan fingerprint density at radius 1 is 1.16 bits per heavy atom. The summed E-state index contributed by atoms with van der Waals surface area (Å²) in [7, 11) is 0. The molecule has 1 fully saturated rings. The van der Waals surface area contributed by atoms with E-state index in [1.54, 1.807) is 0 Å². The summed E-state index contributed by atoms with van der Waals surface area (Å²) in [6, 6.07) is 2.86. The molecule has 0 bridgehead atoms. The second kappa shape index (κ2) is 11.4. The van der Waals surface area contributed by atoms with Gasteiger partial charge in [0.25, 0.3) is 0 Å². The van der Waals surface area contributed by atoms with Crippen LogP contribution in [-0.4, -0.2) is 57.7 Å². The fourth-order valence-electron chi connectivity index (χ4n) is 4.47. The molecule has 1 unspecified atom stereocenters. The van der Waals surface area contributed by atoms with E-state index in [9.17, 15) is 27.9 Å². The number of nitrogens with one attached hydrogen (secondary N) is 2. The van der Waals surface area contributed by atoms with Gasteiger partial charge in [0.15, 0.2) is 5.69 Å². The number of carboxylic acid groups (broad SMARTS) is 1. The van der Waals surface area contributed by atoms with Crippen molar-refractivity contribution < 1.29 is 32.6 Å². The second-order valence-corrected chi connectivity index (χ2v) is 9.40. The van der Waals surface area contributed by atoms with E-state index in [0.29, 0.717) is 6.61 Å². The number of aliphatic carboxylic acids is 1. The number of carbonyl (C=O) groups excluding carboxylic acids is 1. The lowest BCUT2D eigenvalue weighted by molar-refractivity contribution is -0.145. The fourth-order valence-corrected chi connectivity index (χ4v) is 4.47. The van der Waals surface area contributed by atoms with E-state index in [1.807, 2.05) is 6.07 Å². The Morgan fingerprint density at radius 2 is 1.95 bits per heavy atom. The first-order chi connectivity index (χ1) is 17.7. The average molecular weight is 522 g/mol. The minimum absolute atomic E-state index is 0.0121. The Kier molecular flexibility index (Phi) is 8.25. The van der Waals surface area contributed by atoms with Gasteiger partial charge in [-0.25, -0.2) is 14.8 Å². The Balaban J connectivity index is 1.21. The van der Waals surface area contributed by atoms with Crippen molar-refractivity contribution in [2.75, 3.05) is 25.1 Å². The van der Waals surface area contributed by atoms with Crippen LogP contribution in [0, 0.1) is 0 Å². The molecule has 0 saturated heterocycles. The van der Waals surface area contributed by atoms with Crippen molar-refractivity contribution in [1.82, 2.24) is 20.3 Å². The summed E-state index contributed by atoms with van der Waals surface area (Å²) in [6.45, 7) is 1.44. The van der Waals surface area contributed by atoms with Gasteiger partial charge in [-0.2, -0.15) is 13.2 Å². The quantitative estimate of drug-likeness (QED) is 0.364. The number of rotatable bonds is 12. The molecule has 0 aromatic carbocycles. The van der Waals surface area contributed by atoms with Crippen molar-refractivity contribution in [3.8, 4) is 0 Å². The third-order valence-electron chi connectivity index (χ3n) is 6.68. The van der Waals surface area contributed by atoms with Gasteiger partial charge < -0.3 is 20.5 Å². The number of hydrogen-bond acceptors (Lipinski definition) is 7. The van der Waals surface area contributed by atoms with E-state index in [0.717, 1.165) is 62.6 Å². The molecule has 1 atom stereocenters. The summed E-state index contributed by atoms with van der Waals surface area (Å²) in [6.07, 6.45) is 2.06. The minimum Gasteiger partial charge on any atom is -0.480 e. The number of aryl methyl sites for hydroxylation is 2. The molecule has 37 heavy (non-hydrogen) atoms. The number of hydrogen-bond donors (Lipinski definition) is 3. The highest BCUT2D eigenvalue weighted by Gasteiger charge is 2.57. The van der Waals surface area contributed by atoms with Crippen molar-refractivity contribution in [3.63, 3.8) is 0 Å². The monoisotopic (exact) mass is 521 g/mol. The number of fused-ring (bicyclic) bond motifs is 1. The standard InChI is InChI=1S/C25H30F3N5O4/c26-25(27,28)20-19(29-12-13-30-20)24(9-10-24)23(36)33-18(22(34)35)8-15-37-14-2-1-5-17-7-6-16-4-3-11-31-21(16)32-17/h6-7,12-13,18H,1-5,8-11,14-15H2,(H,31,32)(H,33,36)(H,34,35). The first kappa shape index (κ1) is 26.8. The molecular formula is C25H30F3N5O4. The van der Waals surface area contributed by atoms with Gasteiger partial charge in [0.2, 0.25) is 5.91 Å². The summed E-state index contributed by atoms with van der Waals surface area (Å²) >= 11 is 0. The highest BCUT2D eigenvalue weighted by atomic mass is 19.4. The number of aromatic nitrogens is 3. The molecule has 12 heteroatoms. The minimum atomic E-state index is -4.77. The summed E-state index contributed by atoms with van der Waals surface area (Å²) < 4.78 is 45.7. The Labute approximate surface area is 212 Å². The Bertz CT molecular complexity index is 1120.